The lowest BCUT2D eigenvalue weighted by atomic mass is 9.86. The lowest BCUT2D eigenvalue weighted by Crippen LogP contribution is -2.33. The van der Waals surface area contributed by atoms with Gasteiger partial charge in [-0.1, -0.05) is 23.9 Å². The Balaban J connectivity index is 1.74. The van der Waals surface area contributed by atoms with Gasteiger partial charge in [-0.2, -0.15) is 4.98 Å². The van der Waals surface area contributed by atoms with E-state index in [1.165, 1.54) is 23.9 Å². The molecule has 0 spiro atoms. The van der Waals surface area contributed by atoms with E-state index in [0.29, 0.717) is 10.9 Å². The predicted octanol–water partition coefficient (Wildman–Crippen LogP) is 3.96. The molecule has 9 heteroatoms. The van der Waals surface area contributed by atoms with Gasteiger partial charge in [0.1, 0.15) is 23.3 Å². The molecule has 1 aliphatic rings. The summed E-state index contributed by atoms with van der Waals surface area (Å²) in [6, 6.07) is 8.89. The van der Waals surface area contributed by atoms with E-state index in [-0.39, 0.29) is 29.2 Å². The highest BCUT2D eigenvalue weighted by Gasteiger charge is 2.33. The first-order valence-corrected chi connectivity index (χ1v) is 10.0. The van der Waals surface area contributed by atoms with Crippen molar-refractivity contribution in [1.82, 2.24) is 9.55 Å². The third kappa shape index (κ3) is 3.85. The average molecular weight is 431 g/mol. The fourth-order valence-corrected chi connectivity index (χ4v) is 4.36. The first-order valence-electron chi connectivity index (χ1n) is 9.06. The van der Waals surface area contributed by atoms with Crippen LogP contribution < -0.4 is 10.9 Å². The summed E-state index contributed by atoms with van der Waals surface area (Å²) in [4.78, 5) is 29.2. The Hall–Kier alpha value is -3.07. The number of hydrogen-bond acceptors (Lipinski definition) is 4. The van der Waals surface area contributed by atoms with Gasteiger partial charge in [-0.05, 0) is 41.5 Å². The van der Waals surface area contributed by atoms with Gasteiger partial charge >= 0.3 is 0 Å². The topological polar surface area (TPSA) is 64.0 Å². The van der Waals surface area contributed by atoms with Gasteiger partial charge in [0.25, 0.3) is 5.56 Å². The van der Waals surface area contributed by atoms with Crippen molar-refractivity contribution in [3.8, 4) is 0 Å². The molecule has 2 heterocycles. The lowest BCUT2D eigenvalue weighted by Gasteiger charge is -2.27. The van der Waals surface area contributed by atoms with Crippen LogP contribution in [0, 0.1) is 17.5 Å². The largest absolute Gasteiger partial charge is 0.312 e. The van der Waals surface area contributed by atoms with Crippen molar-refractivity contribution >= 4 is 23.5 Å². The number of carbonyl (C=O) groups excluding carboxylic acids is 1. The van der Waals surface area contributed by atoms with Crippen LogP contribution in [-0.2, 0) is 17.6 Å². The van der Waals surface area contributed by atoms with Gasteiger partial charge in [0.15, 0.2) is 5.16 Å². The molecule has 0 saturated heterocycles. The van der Waals surface area contributed by atoms with Crippen molar-refractivity contribution < 1.29 is 18.0 Å². The van der Waals surface area contributed by atoms with Crippen LogP contribution in [0.25, 0.3) is 0 Å². The molecule has 2 aromatic carbocycles. The van der Waals surface area contributed by atoms with Gasteiger partial charge in [0.05, 0.1) is 5.56 Å². The number of hydrogen-bond donors (Lipinski definition) is 1. The van der Waals surface area contributed by atoms with E-state index in [9.17, 15) is 22.8 Å². The van der Waals surface area contributed by atoms with Crippen molar-refractivity contribution in [3.63, 3.8) is 0 Å². The van der Waals surface area contributed by atoms with Crippen LogP contribution in [0.15, 0.2) is 52.4 Å². The molecule has 154 valence electrons. The molecular formula is C21H16F3N3O2S. The Labute approximate surface area is 174 Å². The normalized spacial score (nSPS) is 15.6. The van der Waals surface area contributed by atoms with E-state index < -0.39 is 29.0 Å². The molecule has 30 heavy (non-hydrogen) atoms. The lowest BCUT2D eigenvalue weighted by molar-refractivity contribution is -0.116. The number of amides is 1. The molecule has 5 nitrogen and oxygen atoms in total. The number of anilines is 1. The smallest absolute Gasteiger partial charge is 0.279 e. The van der Waals surface area contributed by atoms with Crippen molar-refractivity contribution in [1.29, 1.82) is 0 Å². The predicted molar refractivity (Wildman–Crippen MR) is 107 cm³/mol. The maximum Gasteiger partial charge on any atom is 0.279 e. The third-order valence-corrected chi connectivity index (χ3v) is 6.02. The minimum atomic E-state index is -0.938. The minimum absolute atomic E-state index is 0.0586. The second-order valence-electron chi connectivity index (χ2n) is 6.91. The zero-order valence-corrected chi connectivity index (χ0v) is 16.6. The first kappa shape index (κ1) is 20.2. The van der Waals surface area contributed by atoms with Crippen molar-refractivity contribution in [2.45, 2.75) is 23.2 Å². The van der Waals surface area contributed by atoms with Gasteiger partial charge in [0, 0.05) is 25.1 Å². The first-order chi connectivity index (χ1) is 14.3. The molecule has 1 aromatic heterocycles. The van der Waals surface area contributed by atoms with Crippen LogP contribution in [0.1, 0.15) is 29.0 Å². The number of nitrogens with one attached hydrogen (secondary N) is 1. The molecule has 0 radical (unpaired) electrons. The third-order valence-electron chi connectivity index (χ3n) is 4.92. The molecule has 1 N–H and O–H groups in total. The summed E-state index contributed by atoms with van der Waals surface area (Å²) in [5, 5.41) is 2.99. The highest BCUT2D eigenvalue weighted by atomic mass is 32.2. The van der Waals surface area contributed by atoms with Gasteiger partial charge in [-0.15, -0.1) is 0 Å². The maximum absolute atomic E-state index is 14.4. The molecular weight excluding hydrogens is 415 g/mol. The Morgan fingerprint density at radius 1 is 1.10 bits per heavy atom. The van der Waals surface area contributed by atoms with Crippen molar-refractivity contribution in [2.24, 2.45) is 7.05 Å². The zero-order chi connectivity index (χ0) is 21.4. The van der Waals surface area contributed by atoms with E-state index in [1.54, 1.807) is 23.7 Å². The molecule has 1 amide bonds. The zero-order valence-electron chi connectivity index (χ0n) is 15.8. The van der Waals surface area contributed by atoms with Gasteiger partial charge in [0.2, 0.25) is 5.91 Å². The summed E-state index contributed by atoms with van der Waals surface area (Å²) in [7, 11) is 1.63. The van der Waals surface area contributed by atoms with Crippen LogP contribution in [-0.4, -0.2) is 15.5 Å². The standard InChI is InChI=1S/C21H16F3N3O2S/c1-27-19-18(15(9-17(28)25-19)14-8-13(23)6-7-16(14)24)20(29)26-21(27)30-10-11-2-4-12(22)5-3-11/h2-8,15H,9-10H2,1H3,(H,25,28)/t15-/m0/s1. The molecule has 4 rings (SSSR count). The molecule has 0 saturated carbocycles. The Bertz CT molecular complexity index is 1200. The molecule has 0 bridgehead atoms. The summed E-state index contributed by atoms with van der Waals surface area (Å²) in [5.41, 5.74) is 0.278. The number of halogens is 3. The summed E-state index contributed by atoms with van der Waals surface area (Å²) >= 11 is 1.24. The second kappa shape index (κ2) is 7.98. The van der Waals surface area contributed by atoms with Crippen LogP contribution in [0.2, 0.25) is 0 Å². The minimum Gasteiger partial charge on any atom is -0.312 e. The van der Waals surface area contributed by atoms with E-state index in [1.807, 2.05) is 0 Å². The molecule has 0 fully saturated rings. The Morgan fingerprint density at radius 3 is 2.53 bits per heavy atom. The highest BCUT2D eigenvalue weighted by Crippen LogP contribution is 2.37. The summed E-state index contributed by atoms with van der Waals surface area (Å²) < 4.78 is 42.7. The van der Waals surface area contributed by atoms with Gasteiger partial charge in [-0.25, -0.2) is 13.2 Å². The average Bonchev–Trinajstić information content (AvgIpc) is 2.72. The number of nitrogens with zero attached hydrogens (tertiary/aromatic N) is 2. The molecule has 0 unspecified atom stereocenters. The monoisotopic (exact) mass is 431 g/mol. The van der Waals surface area contributed by atoms with Crippen molar-refractivity contribution in [2.75, 3.05) is 5.32 Å². The van der Waals surface area contributed by atoms with E-state index in [0.717, 1.165) is 23.8 Å². The Kier molecular flexibility index (Phi) is 5.38. The molecule has 1 aliphatic heterocycles. The summed E-state index contributed by atoms with van der Waals surface area (Å²) in [6.45, 7) is 0. The van der Waals surface area contributed by atoms with Crippen LogP contribution in [0.5, 0.6) is 0 Å². The number of benzene rings is 2. The molecule has 3 aromatic rings. The number of fused-ring (bicyclic) bond motifs is 1. The van der Waals surface area contributed by atoms with Crippen LogP contribution in [0.4, 0.5) is 19.0 Å². The SMILES string of the molecule is Cn1c(SCc2ccc(F)cc2)nc(=O)c2c1NC(=O)C[C@H]2c1cc(F)ccc1F. The number of carbonyl (C=O) groups is 1. The maximum atomic E-state index is 14.4. The van der Waals surface area contributed by atoms with Gasteiger partial charge < -0.3 is 9.88 Å². The van der Waals surface area contributed by atoms with E-state index >= 15 is 0 Å². The summed E-state index contributed by atoms with van der Waals surface area (Å²) in [6.07, 6.45) is -0.188. The summed E-state index contributed by atoms with van der Waals surface area (Å²) in [5.74, 6) is -2.41. The quantitative estimate of drug-likeness (QED) is 0.502. The van der Waals surface area contributed by atoms with Gasteiger partial charge in [-0.3, -0.25) is 9.59 Å². The number of aromatic nitrogens is 2. The van der Waals surface area contributed by atoms with E-state index in [2.05, 4.69) is 10.3 Å². The number of thioether (sulfide) groups is 1. The molecule has 0 aliphatic carbocycles. The van der Waals surface area contributed by atoms with Crippen LogP contribution in [0.3, 0.4) is 0 Å². The fourth-order valence-electron chi connectivity index (χ4n) is 3.44. The number of rotatable bonds is 4. The second-order valence-corrected chi connectivity index (χ2v) is 7.85. The van der Waals surface area contributed by atoms with Crippen molar-refractivity contribution in [3.05, 3.63) is 87.0 Å². The van der Waals surface area contributed by atoms with E-state index in [4.69, 9.17) is 0 Å². The molecule has 1 atom stereocenters. The van der Waals surface area contributed by atoms with Crippen LogP contribution >= 0.6 is 11.8 Å². The fraction of sp³-hybridized carbons (Fsp3) is 0.190. The Morgan fingerprint density at radius 2 is 1.80 bits per heavy atom. The highest BCUT2D eigenvalue weighted by molar-refractivity contribution is 7.98.